The van der Waals surface area contributed by atoms with Crippen molar-refractivity contribution in [2.45, 2.75) is 76.0 Å². The number of rotatable bonds is 8. The molecule has 184 valence electrons. The fourth-order valence-corrected chi connectivity index (χ4v) is 3.99. The van der Waals surface area contributed by atoms with Crippen molar-refractivity contribution in [1.29, 1.82) is 0 Å². The Morgan fingerprint density at radius 3 is 2.59 bits per heavy atom. The number of hydrogen-bond donors (Lipinski definition) is 4. The van der Waals surface area contributed by atoms with Gasteiger partial charge in [-0.15, -0.1) is 11.5 Å². The predicted octanol–water partition coefficient (Wildman–Crippen LogP) is 0.665. The third-order valence-electron chi connectivity index (χ3n) is 6.36. The molecule has 0 amide bonds. The van der Waals surface area contributed by atoms with Crippen molar-refractivity contribution in [2.24, 2.45) is 0 Å². The van der Waals surface area contributed by atoms with E-state index in [2.05, 4.69) is 11.0 Å². The summed E-state index contributed by atoms with van der Waals surface area (Å²) in [6, 6.07) is 4.71. The standard InChI is InChI=1S/C24H29FN2O7/c1-3-9-27-13(2)17(10-14-7-8-16(11-18(14)25)32-15-5-4-6-15)23(26-27)34-24-22(31)21(30)20(29)19(12-28)33-24/h1,7-8,11,15,19-22,24,28-31H,4-6,9-10,12H2,2H3/t19-,20-,21+,22-,24+/m1/s1. The minimum Gasteiger partial charge on any atom is -0.490 e. The Morgan fingerprint density at radius 2 is 1.97 bits per heavy atom. The van der Waals surface area contributed by atoms with Crippen LogP contribution >= 0.6 is 0 Å². The molecule has 4 N–H and O–H groups in total. The van der Waals surface area contributed by atoms with Crippen LogP contribution in [0, 0.1) is 25.1 Å². The molecular weight excluding hydrogens is 447 g/mol. The number of benzene rings is 1. The van der Waals surface area contributed by atoms with E-state index in [-0.39, 0.29) is 24.9 Å². The summed E-state index contributed by atoms with van der Waals surface area (Å²) in [7, 11) is 0. The summed E-state index contributed by atoms with van der Waals surface area (Å²) >= 11 is 0. The molecule has 1 saturated heterocycles. The molecule has 34 heavy (non-hydrogen) atoms. The first kappa shape index (κ1) is 24.4. The molecule has 4 rings (SSSR count). The van der Waals surface area contributed by atoms with E-state index in [4.69, 9.17) is 20.6 Å². The van der Waals surface area contributed by atoms with Crippen LogP contribution < -0.4 is 9.47 Å². The smallest absolute Gasteiger partial charge is 0.239 e. The zero-order chi connectivity index (χ0) is 24.4. The van der Waals surface area contributed by atoms with E-state index in [1.54, 1.807) is 19.1 Å². The Kier molecular flexibility index (Phi) is 7.40. The van der Waals surface area contributed by atoms with Crippen LogP contribution in [-0.4, -0.2) is 73.6 Å². The van der Waals surface area contributed by atoms with E-state index in [0.29, 0.717) is 22.6 Å². The number of ether oxygens (including phenoxy) is 3. The number of halogens is 1. The quantitative estimate of drug-likeness (QED) is 0.410. The molecule has 2 aliphatic rings. The van der Waals surface area contributed by atoms with Crippen LogP contribution in [-0.2, 0) is 17.7 Å². The van der Waals surface area contributed by atoms with Gasteiger partial charge in [-0.25, -0.2) is 4.39 Å². The monoisotopic (exact) mass is 476 g/mol. The topological polar surface area (TPSA) is 126 Å². The number of terminal acetylenes is 1. The lowest BCUT2D eigenvalue weighted by molar-refractivity contribution is -0.278. The minimum atomic E-state index is -1.61. The van der Waals surface area contributed by atoms with Gasteiger partial charge in [-0.05, 0) is 37.8 Å². The summed E-state index contributed by atoms with van der Waals surface area (Å²) < 4.78 is 33.4. The average molecular weight is 477 g/mol. The molecule has 0 bridgehead atoms. The molecule has 10 heteroatoms. The second kappa shape index (κ2) is 10.3. The fourth-order valence-electron chi connectivity index (χ4n) is 3.99. The summed E-state index contributed by atoms with van der Waals surface area (Å²) in [6.45, 7) is 1.29. The molecular formula is C24H29FN2O7. The maximum Gasteiger partial charge on any atom is 0.239 e. The van der Waals surface area contributed by atoms with Crippen molar-refractivity contribution in [1.82, 2.24) is 9.78 Å². The second-order valence-electron chi connectivity index (χ2n) is 8.65. The molecule has 0 unspecified atom stereocenters. The number of aliphatic hydroxyl groups excluding tert-OH is 4. The van der Waals surface area contributed by atoms with E-state index in [1.807, 2.05) is 0 Å². The number of nitrogens with zero attached hydrogens (tertiary/aromatic N) is 2. The summed E-state index contributed by atoms with van der Waals surface area (Å²) in [5, 5.41) is 44.1. The van der Waals surface area contributed by atoms with Crippen LogP contribution in [0.25, 0.3) is 0 Å². The zero-order valence-electron chi connectivity index (χ0n) is 18.8. The molecule has 2 heterocycles. The Balaban J connectivity index is 1.58. The Labute approximate surface area is 196 Å². The van der Waals surface area contributed by atoms with Crippen molar-refractivity contribution in [2.75, 3.05) is 6.61 Å². The Bertz CT molecular complexity index is 1050. The van der Waals surface area contributed by atoms with E-state index >= 15 is 0 Å². The van der Waals surface area contributed by atoms with Crippen LogP contribution in [0.3, 0.4) is 0 Å². The summed E-state index contributed by atoms with van der Waals surface area (Å²) in [4.78, 5) is 0. The SMILES string of the molecule is C#CCn1nc(O[C@@H]2O[C@H](CO)[C@@H](O)[C@H](O)[C@H]2O)c(Cc2ccc(OC3CCC3)cc2F)c1C. The molecule has 0 radical (unpaired) electrons. The van der Waals surface area contributed by atoms with Crippen molar-refractivity contribution >= 4 is 0 Å². The number of aromatic nitrogens is 2. The highest BCUT2D eigenvalue weighted by atomic mass is 19.1. The van der Waals surface area contributed by atoms with Crippen molar-refractivity contribution in [3.8, 4) is 24.0 Å². The molecule has 9 nitrogen and oxygen atoms in total. The summed E-state index contributed by atoms with van der Waals surface area (Å²) in [5.74, 6) is 2.55. The highest BCUT2D eigenvalue weighted by molar-refractivity contribution is 5.39. The lowest BCUT2D eigenvalue weighted by Gasteiger charge is -2.39. The van der Waals surface area contributed by atoms with Gasteiger partial charge in [0.05, 0.1) is 12.7 Å². The van der Waals surface area contributed by atoms with Gasteiger partial charge in [-0.2, -0.15) is 0 Å². The van der Waals surface area contributed by atoms with Gasteiger partial charge in [0.1, 0.15) is 42.5 Å². The highest BCUT2D eigenvalue weighted by Gasteiger charge is 2.45. The summed E-state index contributed by atoms with van der Waals surface area (Å²) in [5.41, 5.74) is 1.52. The van der Waals surface area contributed by atoms with Gasteiger partial charge in [0, 0.05) is 23.7 Å². The molecule has 1 aliphatic carbocycles. The lowest BCUT2D eigenvalue weighted by Crippen LogP contribution is -2.60. The maximum atomic E-state index is 14.9. The van der Waals surface area contributed by atoms with Gasteiger partial charge >= 0.3 is 0 Å². The highest BCUT2D eigenvalue weighted by Crippen LogP contribution is 2.31. The van der Waals surface area contributed by atoms with E-state index < -0.39 is 43.1 Å². The van der Waals surface area contributed by atoms with E-state index in [0.717, 1.165) is 19.3 Å². The van der Waals surface area contributed by atoms with Gasteiger partial charge in [0.15, 0.2) is 0 Å². The molecule has 5 atom stereocenters. The van der Waals surface area contributed by atoms with Crippen LogP contribution in [0.1, 0.15) is 36.1 Å². The predicted molar refractivity (Wildman–Crippen MR) is 118 cm³/mol. The normalized spacial score (nSPS) is 27.1. The van der Waals surface area contributed by atoms with Gasteiger partial charge in [-0.1, -0.05) is 12.0 Å². The first-order valence-electron chi connectivity index (χ1n) is 11.2. The largest absolute Gasteiger partial charge is 0.490 e. The van der Waals surface area contributed by atoms with Crippen LogP contribution in [0.15, 0.2) is 18.2 Å². The van der Waals surface area contributed by atoms with E-state index in [9.17, 15) is 24.8 Å². The molecule has 1 aromatic carbocycles. The second-order valence-corrected chi connectivity index (χ2v) is 8.65. The van der Waals surface area contributed by atoms with Gasteiger partial charge in [-0.3, -0.25) is 4.68 Å². The maximum absolute atomic E-state index is 14.9. The zero-order valence-corrected chi connectivity index (χ0v) is 18.8. The Morgan fingerprint density at radius 1 is 1.21 bits per heavy atom. The first-order chi connectivity index (χ1) is 16.3. The first-order valence-corrected chi connectivity index (χ1v) is 11.2. The average Bonchev–Trinajstić information content (AvgIpc) is 3.07. The number of aliphatic hydroxyl groups is 4. The van der Waals surface area contributed by atoms with Crippen molar-refractivity contribution in [3.63, 3.8) is 0 Å². The third-order valence-corrected chi connectivity index (χ3v) is 6.36. The van der Waals surface area contributed by atoms with Crippen LogP contribution in [0.5, 0.6) is 11.6 Å². The molecule has 2 fully saturated rings. The lowest BCUT2D eigenvalue weighted by atomic mass is 9.96. The molecule has 1 aliphatic heterocycles. The Hall–Kier alpha value is -2.68. The molecule has 2 aromatic rings. The van der Waals surface area contributed by atoms with Crippen LogP contribution in [0.4, 0.5) is 4.39 Å². The van der Waals surface area contributed by atoms with E-state index in [1.165, 1.54) is 10.7 Å². The molecule has 1 saturated carbocycles. The third kappa shape index (κ3) is 4.89. The number of hydrogen-bond acceptors (Lipinski definition) is 8. The van der Waals surface area contributed by atoms with Gasteiger partial charge in [0.25, 0.3) is 0 Å². The van der Waals surface area contributed by atoms with Gasteiger partial charge in [0.2, 0.25) is 12.2 Å². The van der Waals surface area contributed by atoms with Crippen LogP contribution in [0.2, 0.25) is 0 Å². The van der Waals surface area contributed by atoms with Crippen molar-refractivity contribution < 1.29 is 39.0 Å². The molecule has 0 spiro atoms. The van der Waals surface area contributed by atoms with Gasteiger partial charge < -0.3 is 34.6 Å². The minimum absolute atomic E-state index is 0.0336. The molecule has 1 aromatic heterocycles. The fraction of sp³-hybridized carbons (Fsp3) is 0.542. The summed E-state index contributed by atoms with van der Waals surface area (Å²) in [6.07, 6.45) is 1.44. The van der Waals surface area contributed by atoms with Crippen molar-refractivity contribution in [3.05, 3.63) is 40.8 Å².